The number of hydrogen-bond donors (Lipinski definition) is 2. The summed E-state index contributed by atoms with van der Waals surface area (Å²) in [5, 5.41) is 15.2. The van der Waals surface area contributed by atoms with Crippen LogP contribution < -0.4 is 10.6 Å². The minimum Gasteiger partial charge on any atom is -0.360 e. The number of anilines is 1. The van der Waals surface area contributed by atoms with E-state index in [4.69, 9.17) is 0 Å². The average molecular weight is 282 g/mol. The van der Waals surface area contributed by atoms with Crippen molar-refractivity contribution in [3.63, 3.8) is 0 Å². The number of nitrogens with zero attached hydrogens (tertiary/aromatic N) is 2. The van der Waals surface area contributed by atoms with E-state index in [0.29, 0.717) is 16.1 Å². The lowest BCUT2D eigenvalue weighted by Gasteiger charge is -2.21. The van der Waals surface area contributed by atoms with Gasteiger partial charge in [-0.3, -0.25) is 4.79 Å². The van der Waals surface area contributed by atoms with E-state index in [1.165, 1.54) is 37.0 Å². The Morgan fingerprint density at radius 3 is 2.89 bits per heavy atom. The third-order valence-electron chi connectivity index (χ3n) is 3.63. The second-order valence-electron chi connectivity index (χ2n) is 5.14. The zero-order valence-electron chi connectivity index (χ0n) is 11.6. The predicted molar refractivity (Wildman–Crippen MR) is 77.6 cm³/mol. The summed E-state index contributed by atoms with van der Waals surface area (Å²) in [4.78, 5) is 12.2. The molecule has 0 spiro atoms. The molecule has 0 radical (unpaired) electrons. The topological polar surface area (TPSA) is 66.9 Å². The summed E-state index contributed by atoms with van der Waals surface area (Å²) in [5.74, 6) is 0.466. The van der Waals surface area contributed by atoms with Crippen LogP contribution in [0.15, 0.2) is 0 Å². The predicted octanol–water partition coefficient (Wildman–Crippen LogP) is 2.67. The van der Waals surface area contributed by atoms with E-state index in [1.807, 2.05) is 6.92 Å². The molecule has 1 aromatic heterocycles. The lowest BCUT2D eigenvalue weighted by Crippen LogP contribution is -2.38. The van der Waals surface area contributed by atoms with E-state index in [2.05, 4.69) is 27.8 Å². The summed E-state index contributed by atoms with van der Waals surface area (Å²) in [6.07, 6.45) is 6.03. The van der Waals surface area contributed by atoms with E-state index in [9.17, 15) is 4.79 Å². The number of amides is 1. The monoisotopic (exact) mass is 282 g/mol. The summed E-state index contributed by atoms with van der Waals surface area (Å²) in [7, 11) is 0. The maximum absolute atomic E-state index is 12.2. The van der Waals surface area contributed by atoms with Gasteiger partial charge in [-0.05, 0) is 25.7 Å². The van der Waals surface area contributed by atoms with Gasteiger partial charge >= 0.3 is 0 Å². The smallest absolute Gasteiger partial charge is 0.282 e. The Morgan fingerprint density at radius 2 is 2.11 bits per heavy atom. The third-order valence-corrected chi connectivity index (χ3v) is 4.50. The molecule has 0 saturated heterocycles. The minimum atomic E-state index is -0.0830. The second kappa shape index (κ2) is 6.84. The first-order valence-corrected chi connectivity index (χ1v) is 7.90. The number of carbonyl (C=O) groups is 1. The molecule has 106 valence electrons. The molecule has 1 aromatic rings. The van der Waals surface area contributed by atoms with Crippen molar-refractivity contribution < 1.29 is 4.79 Å². The fourth-order valence-corrected chi connectivity index (χ4v) is 3.19. The summed E-state index contributed by atoms with van der Waals surface area (Å²) < 4.78 is 0. The first-order chi connectivity index (χ1) is 9.20. The molecule has 1 saturated carbocycles. The highest BCUT2D eigenvalue weighted by atomic mass is 32.1. The number of hydrogen-bond acceptors (Lipinski definition) is 5. The Bertz CT molecular complexity index is 421. The van der Waals surface area contributed by atoms with E-state index >= 15 is 0 Å². The quantitative estimate of drug-likeness (QED) is 0.833. The van der Waals surface area contributed by atoms with Crippen molar-refractivity contribution in [2.75, 3.05) is 11.9 Å². The Balaban J connectivity index is 1.94. The van der Waals surface area contributed by atoms with Gasteiger partial charge in [-0.1, -0.05) is 37.5 Å². The fourth-order valence-electron chi connectivity index (χ4n) is 2.48. The normalized spacial score (nSPS) is 23.7. The molecule has 2 N–H and O–H groups in total. The standard InChI is InChI=1S/C13H22N4OS/c1-3-14-13-17-16-12(19-13)11(18)15-10-8-6-4-5-7-9(10)2/h9-10H,3-8H2,1-2H3,(H,14,17)(H,15,18). The molecule has 5 nitrogen and oxygen atoms in total. The van der Waals surface area contributed by atoms with Crippen molar-refractivity contribution in [2.24, 2.45) is 5.92 Å². The Kier molecular flexibility index (Phi) is 5.13. The van der Waals surface area contributed by atoms with E-state index in [-0.39, 0.29) is 11.9 Å². The molecule has 2 rings (SSSR count). The van der Waals surface area contributed by atoms with Crippen LogP contribution in [0.5, 0.6) is 0 Å². The SMILES string of the molecule is CCNc1nnc(C(=O)NC2CCCCCC2C)s1. The Labute approximate surface area is 118 Å². The highest BCUT2D eigenvalue weighted by Gasteiger charge is 2.23. The minimum absolute atomic E-state index is 0.0830. The van der Waals surface area contributed by atoms with Crippen LogP contribution in [-0.2, 0) is 0 Å². The Morgan fingerprint density at radius 1 is 1.32 bits per heavy atom. The van der Waals surface area contributed by atoms with Crippen molar-refractivity contribution in [2.45, 2.75) is 52.0 Å². The van der Waals surface area contributed by atoms with Gasteiger partial charge in [0.25, 0.3) is 5.91 Å². The van der Waals surface area contributed by atoms with Gasteiger partial charge in [0.1, 0.15) is 0 Å². The molecule has 1 aliphatic rings. The van der Waals surface area contributed by atoms with Crippen molar-refractivity contribution >= 4 is 22.4 Å². The van der Waals surface area contributed by atoms with Gasteiger partial charge in [-0.25, -0.2) is 0 Å². The highest BCUT2D eigenvalue weighted by molar-refractivity contribution is 7.17. The first kappa shape index (κ1) is 14.2. The summed E-state index contributed by atoms with van der Waals surface area (Å²) in [6, 6.07) is 0.279. The van der Waals surface area contributed by atoms with Gasteiger partial charge in [0.05, 0.1) is 0 Å². The molecule has 1 heterocycles. The summed E-state index contributed by atoms with van der Waals surface area (Å²) >= 11 is 1.32. The van der Waals surface area contributed by atoms with Crippen LogP contribution in [0.4, 0.5) is 5.13 Å². The van der Waals surface area contributed by atoms with Gasteiger partial charge in [0, 0.05) is 12.6 Å². The summed E-state index contributed by atoms with van der Waals surface area (Å²) in [6.45, 7) is 5.00. The number of carbonyl (C=O) groups excluding carboxylic acids is 1. The van der Waals surface area contributed by atoms with Crippen LogP contribution in [0.1, 0.15) is 55.8 Å². The van der Waals surface area contributed by atoms with Gasteiger partial charge < -0.3 is 10.6 Å². The van der Waals surface area contributed by atoms with E-state index < -0.39 is 0 Å². The van der Waals surface area contributed by atoms with Crippen molar-refractivity contribution in [3.05, 3.63) is 5.01 Å². The van der Waals surface area contributed by atoms with Gasteiger partial charge in [0.15, 0.2) is 0 Å². The number of rotatable bonds is 4. The second-order valence-corrected chi connectivity index (χ2v) is 6.12. The van der Waals surface area contributed by atoms with Crippen molar-refractivity contribution in [1.82, 2.24) is 15.5 Å². The van der Waals surface area contributed by atoms with Crippen LogP contribution in [-0.4, -0.2) is 28.7 Å². The van der Waals surface area contributed by atoms with Crippen LogP contribution >= 0.6 is 11.3 Å². The number of nitrogens with one attached hydrogen (secondary N) is 2. The van der Waals surface area contributed by atoms with Crippen molar-refractivity contribution in [3.8, 4) is 0 Å². The molecule has 0 aliphatic heterocycles. The fraction of sp³-hybridized carbons (Fsp3) is 0.769. The van der Waals surface area contributed by atoms with Crippen LogP contribution in [0.2, 0.25) is 0 Å². The lowest BCUT2D eigenvalue weighted by atomic mass is 9.97. The van der Waals surface area contributed by atoms with Crippen LogP contribution in [0, 0.1) is 5.92 Å². The lowest BCUT2D eigenvalue weighted by molar-refractivity contribution is 0.0920. The first-order valence-electron chi connectivity index (χ1n) is 7.09. The molecular formula is C13H22N4OS. The molecular weight excluding hydrogens is 260 g/mol. The molecule has 2 atom stereocenters. The maximum Gasteiger partial charge on any atom is 0.282 e. The molecule has 0 bridgehead atoms. The largest absolute Gasteiger partial charge is 0.360 e. The highest BCUT2D eigenvalue weighted by Crippen LogP contribution is 2.23. The molecule has 19 heavy (non-hydrogen) atoms. The van der Waals surface area contributed by atoms with Gasteiger partial charge in [-0.15, -0.1) is 10.2 Å². The van der Waals surface area contributed by atoms with E-state index in [0.717, 1.165) is 13.0 Å². The third kappa shape index (κ3) is 3.89. The molecule has 2 unspecified atom stereocenters. The van der Waals surface area contributed by atoms with E-state index in [1.54, 1.807) is 0 Å². The van der Waals surface area contributed by atoms with Gasteiger partial charge in [-0.2, -0.15) is 0 Å². The molecule has 1 fully saturated rings. The van der Waals surface area contributed by atoms with Gasteiger partial charge in [0.2, 0.25) is 10.1 Å². The summed E-state index contributed by atoms with van der Waals surface area (Å²) in [5.41, 5.74) is 0. The van der Waals surface area contributed by atoms with Crippen LogP contribution in [0.3, 0.4) is 0 Å². The van der Waals surface area contributed by atoms with Crippen molar-refractivity contribution in [1.29, 1.82) is 0 Å². The average Bonchev–Trinajstić information content (AvgIpc) is 2.77. The van der Waals surface area contributed by atoms with Crippen LogP contribution in [0.25, 0.3) is 0 Å². The Hall–Kier alpha value is -1.17. The molecule has 6 heteroatoms. The molecule has 1 amide bonds. The number of aromatic nitrogens is 2. The molecule has 1 aliphatic carbocycles. The zero-order chi connectivity index (χ0) is 13.7. The zero-order valence-corrected chi connectivity index (χ0v) is 12.4. The maximum atomic E-state index is 12.2. The molecule has 0 aromatic carbocycles.